The molecule has 0 radical (unpaired) electrons. The zero-order valence-electron chi connectivity index (χ0n) is 7.94. The molecule has 0 spiro atoms. The van der Waals surface area contributed by atoms with Crippen LogP contribution in [-0.2, 0) is 0 Å². The molecule has 0 saturated heterocycles. The van der Waals surface area contributed by atoms with Gasteiger partial charge in [-0.15, -0.1) is 0 Å². The maximum absolute atomic E-state index is 5.29. The van der Waals surface area contributed by atoms with Gasteiger partial charge < -0.3 is 5.43 Å². The summed E-state index contributed by atoms with van der Waals surface area (Å²) in [5.74, 6) is 6.17. The van der Waals surface area contributed by atoms with Gasteiger partial charge in [0.1, 0.15) is 5.84 Å². The van der Waals surface area contributed by atoms with Crippen molar-refractivity contribution >= 4 is 5.84 Å². The van der Waals surface area contributed by atoms with Crippen LogP contribution in [0.4, 0.5) is 0 Å². The molecule has 0 saturated carbocycles. The zero-order chi connectivity index (χ0) is 8.91. The summed E-state index contributed by atoms with van der Waals surface area (Å²) in [7, 11) is 0. The van der Waals surface area contributed by atoms with Crippen molar-refractivity contribution in [3.05, 3.63) is 0 Å². The Bertz CT molecular complexity index is 133. The van der Waals surface area contributed by atoms with Gasteiger partial charge in [0.05, 0.1) is 0 Å². The quantitative estimate of drug-likeness (QED) is 0.275. The lowest BCUT2D eigenvalue weighted by Crippen LogP contribution is -2.33. The molecule has 0 rings (SSSR count). The lowest BCUT2D eigenvalue weighted by Gasteiger charge is -2.18. The van der Waals surface area contributed by atoms with E-state index in [0.717, 1.165) is 18.8 Å². The standard InChI is InChI=1S/C8H19N3/c1-5-10-7(11-9)6-8(2,3)4/h5-6,9H2,1-4H3,(H,10,11). The Morgan fingerprint density at radius 1 is 1.45 bits per heavy atom. The second kappa shape index (κ2) is 4.34. The minimum absolute atomic E-state index is 0.250. The molecular formula is C8H19N3. The summed E-state index contributed by atoms with van der Waals surface area (Å²) in [5.41, 5.74) is 2.86. The first kappa shape index (κ1) is 10.4. The maximum Gasteiger partial charge on any atom is 0.111 e. The molecule has 0 aliphatic heterocycles. The van der Waals surface area contributed by atoms with Gasteiger partial charge in [-0.1, -0.05) is 20.8 Å². The number of rotatable bonds is 2. The van der Waals surface area contributed by atoms with Crippen LogP contribution in [-0.4, -0.2) is 12.4 Å². The average molecular weight is 157 g/mol. The summed E-state index contributed by atoms with van der Waals surface area (Å²) in [6, 6.07) is 0. The predicted molar refractivity (Wildman–Crippen MR) is 49.4 cm³/mol. The van der Waals surface area contributed by atoms with Crippen LogP contribution in [0.15, 0.2) is 4.99 Å². The van der Waals surface area contributed by atoms with Crippen molar-refractivity contribution < 1.29 is 0 Å². The third-order valence-electron chi connectivity index (χ3n) is 1.21. The summed E-state index contributed by atoms with van der Waals surface area (Å²) < 4.78 is 0. The molecule has 0 atom stereocenters. The summed E-state index contributed by atoms with van der Waals surface area (Å²) >= 11 is 0. The van der Waals surface area contributed by atoms with E-state index in [4.69, 9.17) is 5.84 Å². The molecule has 0 aromatic heterocycles. The Morgan fingerprint density at radius 3 is 2.27 bits per heavy atom. The van der Waals surface area contributed by atoms with Gasteiger partial charge in [-0.3, -0.25) is 4.99 Å². The van der Waals surface area contributed by atoms with Gasteiger partial charge >= 0.3 is 0 Å². The van der Waals surface area contributed by atoms with Crippen molar-refractivity contribution in [2.24, 2.45) is 16.3 Å². The highest BCUT2D eigenvalue weighted by Gasteiger charge is 2.12. The topological polar surface area (TPSA) is 50.4 Å². The normalized spacial score (nSPS) is 13.4. The number of nitrogens with two attached hydrogens (primary N) is 1. The van der Waals surface area contributed by atoms with Crippen LogP contribution in [0.1, 0.15) is 34.1 Å². The van der Waals surface area contributed by atoms with E-state index in [1.54, 1.807) is 0 Å². The molecule has 0 heterocycles. The number of amidine groups is 1. The van der Waals surface area contributed by atoms with Gasteiger partial charge in [-0.2, -0.15) is 0 Å². The SMILES string of the molecule is CCN=C(CC(C)(C)C)NN. The van der Waals surface area contributed by atoms with E-state index in [9.17, 15) is 0 Å². The van der Waals surface area contributed by atoms with Crippen molar-refractivity contribution in [2.75, 3.05) is 6.54 Å². The molecule has 0 aromatic rings. The molecule has 3 nitrogen and oxygen atoms in total. The smallest absolute Gasteiger partial charge is 0.111 e. The monoisotopic (exact) mass is 157 g/mol. The van der Waals surface area contributed by atoms with E-state index < -0.39 is 0 Å². The molecule has 0 aliphatic rings. The van der Waals surface area contributed by atoms with Crippen LogP contribution in [0.5, 0.6) is 0 Å². The second-order valence-corrected chi connectivity index (χ2v) is 3.80. The van der Waals surface area contributed by atoms with Crippen LogP contribution >= 0.6 is 0 Å². The molecule has 3 heteroatoms. The third kappa shape index (κ3) is 5.85. The number of hydrazine groups is 1. The Balaban J connectivity index is 3.99. The number of hydrogen-bond donors (Lipinski definition) is 2. The fourth-order valence-electron chi connectivity index (χ4n) is 0.846. The van der Waals surface area contributed by atoms with Crippen LogP contribution in [0.25, 0.3) is 0 Å². The van der Waals surface area contributed by atoms with Crippen LogP contribution in [0.2, 0.25) is 0 Å². The highest BCUT2D eigenvalue weighted by atomic mass is 15.2. The lowest BCUT2D eigenvalue weighted by atomic mass is 9.92. The lowest BCUT2D eigenvalue weighted by molar-refractivity contribution is 0.428. The van der Waals surface area contributed by atoms with Gasteiger partial charge in [-0.05, 0) is 12.3 Å². The molecule has 0 aliphatic carbocycles. The van der Waals surface area contributed by atoms with Gasteiger partial charge in [0, 0.05) is 13.0 Å². The average Bonchev–Trinajstić information content (AvgIpc) is 1.84. The Hall–Kier alpha value is -0.570. The molecule has 0 unspecified atom stereocenters. The van der Waals surface area contributed by atoms with Crippen LogP contribution in [0.3, 0.4) is 0 Å². The molecule has 0 aromatic carbocycles. The number of nitrogens with one attached hydrogen (secondary N) is 1. The fourth-order valence-corrected chi connectivity index (χ4v) is 0.846. The molecule has 11 heavy (non-hydrogen) atoms. The summed E-state index contributed by atoms with van der Waals surface area (Å²) in [6.45, 7) is 9.27. The highest BCUT2D eigenvalue weighted by molar-refractivity contribution is 5.82. The number of aliphatic imine (C=N–C) groups is 1. The van der Waals surface area contributed by atoms with E-state index in [1.807, 2.05) is 6.92 Å². The van der Waals surface area contributed by atoms with Crippen molar-refractivity contribution in [3.8, 4) is 0 Å². The summed E-state index contributed by atoms with van der Waals surface area (Å²) in [5, 5.41) is 0. The molecule has 3 N–H and O–H groups in total. The van der Waals surface area contributed by atoms with Gasteiger partial charge in [0.15, 0.2) is 0 Å². The predicted octanol–water partition coefficient (Wildman–Crippen LogP) is 1.30. The third-order valence-corrected chi connectivity index (χ3v) is 1.21. The van der Waals surface area contributed by atoms with Crippen LogP contribution in [0, 0.1) is 5.41 Å². The van der Waals surface area contributed by atoms with E-state index >= 15 is 0 Å². The van der Waals surface area contributed by atoms with Crippen molar-refractivity contribution in [3.63, 3.8) is 0 Å². The Kier molecular flexibility index (Phi) is 4.11. The van der Waals surface area contributed by atoms with Crippen LogP contribution < -0.4 is 11.3 Å². The highest BCUT2D eigenvalue weighted by Crippen LogP contribution is 2.18. The Morgan fingerprint density at radius 2 is 2.00 bits per heavy atom. The first-order valence-corrected chi connectivity index (χ1v) is 3.99. The van der Waals surface area contributed by atoms with E-state index in [0.29, 0.717) is 0 Å². The van der Waals surface area contributed by atoms with Gasteiger partial charge in [0.25, 0.3) is 0 Å². The largest absolute Gasteiger partial charge is 0.312 e. The summed E-state index contributed by atoms with van der Waals surface area (Å²) in [4.78, 5) is 4.21. The molecule has 0 bridgehead atoms. The van der Waals surface area contributed by atoms with Gasteiger partial charge in [-0.25, -0.2) is 5.84 Å². The molecule has 0 amide bonds. The number of hydrogen-bond acceptors (Lipinski definition) is 2. The Labute approximate surface area is 69.0 Å². The molecule has 66 valence electrons. The van der Waals surface area contributed by atoms with E-state index in [-0.39, 0.29) is 5.41 Å². The number of nitrogens with zero attached hydrogens (tertiary/aromatic N) is 1. The van der Waals surface area contributed by atoms with Gasteiger partial charge in [0.2, 0.25) is 0 Å². The summed E-state index contributed by atoms with van der Waals surface area (Å²) in [6.07, 6.45) is 0.900. The fraction of sp³-hybridized carbons (Fsp3) is 0.875. The second-order valence-electron chi connectivity index (χ2n) is 3.80. The zero-order valence-corrected chi connectivity index (χ0v) is 7.94. The van der Waals surface area contributed by atoms with E-state index in [1.165, 1.54) is 0 Å². The minimum Gasteiger partial charge on any atom is -0.312 e. The minimum atomic E-state index is 0.250. The molecule has 0 fully saturated rings. The van der Waals surface area contributed by atoms with Crippen molar-refractivity contribution in [2.45, 2.75) is 34.1 Å². The van der Waals surface area contributed by atoms with Crippen molar-refractivity contribution in [1.29, 1.82) is 0 Å². The van der Waals surface area contributed by atoms with Crippen molar-refractivity contribution in [1.82, 2.24) is 5.43 Å². The first-order valence-electron chi connectivity index (χ1n) is 3.99. The first-order chi connectivity index (χ1) is 4.99. The van der Waals surface area contributed by atoms with E-state index in [2.05, 4.69) is 31.2 Å². The maximum atomic E-state index is 5.29. The molecular weight excluding hydrogens is 138 g/mol.